The van der Waals surface area contributed by atoms with Gasteiger partial charge in [-0.05, 0) is 29.4 Å². The first-order valence-corrected chi connectivity index (χ1v) is 12.8. The molecule has 5 atom stereocenters. The molecule has 0 saturated carbocycles. The topological polar surface area (TPSA) is 166 Å². The molecule has 0 bridgehead atoms. The van der Waals surface area contributed by atoms with E-state index in [1.807, 2.05) is 52.0 Å². The summed E-state index contributed by atoms with van der Waals surface area (Å²) < 4.78 is 0. The monoisotopic (exact) mass is 515 g/mol. The van der Waals surface area contributed by atoms with Crippen LogP contribution in [0.15, 0.2) is 30.5 Å². The van der Waals surface area contributed by atoms with Gasteiger partial charge in [0.15, 0.2) is 0 Å². The van der Waals surface area contributed by atoms with Gasteiger partial charge in [0.25, 0.3) is 0 Å². The molecule has 1 heterocycles. The molecular weight excluding hydrogens is 474 g/mol. The number of hydrogen-bond acceptors (Lipinski definition) is 5. The molecule has 0 radical (unpaired) electrons. The van der Waals surface area contributed by atoms with Crippen molar-refractivity contribution in [2.24, 2.45) is 23.5 Å². The summed E-state index contributed by atoms with van der Waals surface area (Å²) in [6.45, 7) is 10.9. The molecule has 0 saturated heterocycles. The number of hydrogen-bond donors (Lipinski definition) is 6. The van der Waals surface area contributed by atoms with Gasteiger partial charge in [0, 0.05) is 23.5 Å². The van der Waals surface area contributed by atoms with E-state index >= 15 is 0 Å². The predicted octanol–water partition coefficient (Wildman–Crippen LogP) is 1.93. The van der Waals surface area contributed by atoms with E-state index in [9.17, 15) is 24.3 Å². The third kappa shape index (κ3) is 7.79. The Balaban J connectivity index is 2.18. The van der Waals surface area contributed by atoms with Crippen LogP contribution in [-0.4, -0.2) is 57.9 Å². The lowest BCUT2D eigenvalue weighted by Crippen LogP contribution is -2.60. The van der Waals surface area contributed by atoms with Crippen molar-refractivity contribution in [2.45, 2.75) is 78.6 Å². The SMILES string of the molecule is CCC(C)C(NC(=O)C(N)C(C)C)C(=O)NC(C(=O)NC(Cc1c[nH]c2ccccc12)C(=O)O)C(C)C. The highest BCUT2D eigenvalue weighted by atomic mass is 16.4. The van der Waals surface area contributed by atoms with Crippen LogP contribution in [0.3, 0.4) is 0 Å². The second-order valence-electron chi connectivity index (χ2n) is 10.3. The number of aliphatic carboxylic acids is 1. The highest BCUT2D eigenvalue weighted by Gasteiger charge is 2.34. The van der Waals surface area contributed by atoms with Crippen LogP contribution in [0.2, 0.25) is 0 Å². The van der Waals surface area contributed by atoms with Gasteiger partial charge in [0.2, 0.25) is 17.7 Å². The lowest BCUT2D eigenvalue weighted by molar-refractivity contribution is -0.142. The smallest absolute Gasteiger partial charge is 0.326 e. The first-order chi connectivity index (χ1) is 17.4. The summed E-state index contributed by atoms with van der Waals surface area (Å²) in [5.74, 6) is -3.41. The molecule has 2 aromatic rings. The second kappa shape index (κ2) is 13.2. The van der Waals surface area contributed by atoms with Crippen molar-refractivity contribution in [3.05, 3.63) is 36.0 Å². The van der Waals surface area contributed by atoms with Crippen LogP contribution in [0.4, 0.5) is 0 Å². The average molecular weight is 516 g/mol. The summed E-state index contributed by atoms with van der Waals surface area (Å²) in [5, 5.41) is 18.7. The zero-order valence-electron chi connectivity index (χ0n) is 22.5. The highest BCUT2D eigenvalue weighted by Crippen LogP contribution is 2.19. The Kier molecular flexibility index (Phi) is 10.7. The molecular formula is C27H41N5O5. The minimum Gasteiger partial charge on any atom is -0.480 e. The molecule has 10 nitrogen and oxygen atoms in total. The van der Waals surface area contributed by atoms with E-state index in [0.717, 1.165) is 16.5 Å². The van der Waals surface area contributed by atoms with Gasteiger partial charge in [0.05, 0.1) is 6.04 Å². The summed E-state index contributed by atoms with van der Waals surface area (Å²) >= 11 is 0. The third-order valence-corrected chi connectivity index (χ3v) is 6.77. The van der Waals surface area contributed by atoms with Gasteiger partial charge in [-0.3, -0.25) is 14.4 Å². The maximum Gasteiger partial charge on any atom is 0.326 e. The molecule has 204 valence electrons. The molecule has 0 spiro atoms. The quantitative estimate of drug-likeness (QED) is 0.238. The zero-order chi connectivity index (χ0) is 27.9. The van der Waals surface area contributed by atoms with Gasteiger partial charge in [-0.2, -0.15) is 0 Å². The number of aromatic amines is 1. The predicted molar refractivity (Wildman–Crippen MR) is 143 cm³/mol. The number of nitrogens with two attached hydrogens (primary N) is 1. The minimum atomic E-state index is -1.20. The number of carboxylic acid groups (broad SMARTS) is 1. The van der Waals surface area contributed by atoms with Gasteiger partial charge in [-0.1, -0.05) is 66.2 Å². The first kappa shape index (κ1) is 29.8. The van der Waals surface area contributed by atoms with E-state index in [1.54, 1.807) is 20.0 Å². The van der Waals surface area contributed by atoms with E-state index in [-0.39, 0.29) is 24.2 Å². The maximum atomic E-state index is 13.2. The molecule has 1 aromatic heterocycles. The number of carboxylic acids is 1. The fourth-order valence-electron chi connectivity index (χ4n) is 4.01. The molecule has 0 fully saturated rings. The number of H-pyrrole nitrogens is 1. The fourth-order valence-corrected chi connectivity index (χ4v) is 4.01. The van der Waals surface area contributed by atoms with Crippen molar-refractivity contribution in [1.29, 1.82) is 0 Å². The van der Waals surface area contributed by atoms with E-state index in [2.05, 4.69) is 20.9 Å². The number of carbonyl (C=O) groups is 4. The molecule has 3 amide bonds. The molecule has 7 N–H and O–H groups in total. The number of fused-ring (bicyclic) bond motifs is 1. The summed E-state index contributed by atoms with van der Waals surface area (Å²) in [7, 11) is 0. The van der Waals surface area contributed by atoms with Crippen LogP contribution in [0.1, 0.15) is 53.5 Å². The first-order valence-electron chi connectivity index (χ1n) is 12.8. The van der Waals surface area contributed by atoms with E-state index in [0.29, 0.717) is 6.42 Å². The van der Waals surface area contributed by atoms with E-state index in [4.69, 9.17) is 5.73 Å². The molecule has 10 heteroatoms. The lowest BCUT2D eigenvalue weighted by Gasteiger charge is -2.29. The minimum absolute atomic E-state index is 0.0719. The van der Waals surface area contributed by atoms with Gasteiger partial charge in [-0.15, -0.1) is 0 Å². The number of aromatic nitrogens is 1. The van der Waals surface area contributed by atoms with Crippen molar-refractivity contribution >= 4 is 34.6 Å². The average Bonchev–Trinajstić information content (AvgIpc) is 3.26. The Labute approximate surface area is 218 Å². The normalized spacial score (nSPS) is 15.6. The summed E-state index contributed by atoms with van der Waals surface area (Å²) in [6.07, 6.45) is 2.41. The molecule has 5 unspecified atom stereocenters. The van der Waals surface area contributed by atoms with Crippen LogP contribution < -0.4 is 21.7 Å². The van der Waals surface area contributed by atoms with Crippen LogP contribution in [0, 0.1) is 17.8 Å². The van der Waals surface area contributed by atoms with Gasteiger partial charge < -0.3 is 31.8 Å². The number of benzene rings is 1. The molecule has 37 heavy (non-hydrogen) atoms. The van der Waals surface area contributed by atoms with Gasteiger partial charge >= 0.3 is 5.97 Å². The highest BCUT2D eigenvalue weighted by molar-refractivity contribution is 5.94. The van der Waals surface area contributed by atoms with Crippen molar-refractivity contribution in [3.8, 4) is 0 Å². The fraction of sp³-hybridized carbons (Fsp3) is 0.556. The Morgan fingerprint density at radius 1 is 0.892 bits per heavy atom. The van der Waals surface area contributed by atoms with E-state index < -0.39 is 47.9 Å². The molecule has 1 aromatic carbocycles. The number of carbonyl (C=O) groups excluding carboxylic acids is 3. The number of para-hydroxylation sites is 1. The Hall–Kier alpha value is -3.40. The summed E-state index contributed by atoms with van der Waals surface area (Å²) in [6, 6.07) is 3.64. The summed E-state index contributed by atoms with van der Waals surface area (Å²) in [4.78, 5) is 54.1. The zero-order valence-corrected chi connectivity index (χ0v) is 22.5. The van der Waals surface area contributed by atoms with Gasteiger partial charge in [-0.25, -0.2) is 4.79 Å². The molecule has 0 aliphatic carbocycles. The Bertz CT molecular complexity index is 1100. The van der Waals surface area contributed by atoms with Crippen LogP contribution >= 0.6 is 0 Å². The van der Waals surface area contributed by atoms with Gasteiger partial charge in [0.1, 0.15) is 18.1 Å². The summed E-state index contributed by atoms with van der Waals surface area (Å²) in [5.41, 5.74) is 7.59. The van der Waals surface area contributed by atoms with Crippen LogP contribution in [0.25, 0.3) is 10.9 Å². The standard InChI is InChI=1S/C27H41N5O5/c1-7-16(6)23(32-24(33)21(28)14(2)3)26(35)31-22(15(4)5)25(34)30-20(27(36)37)12-17-13-29-19-11-9-8-10-18(17)19/h8-11,13-16,20-23,29H,7,12,28H2,1-6H3,(H,30,34)(H,31,35)(H,32,33)(H,36,37). The lowest BCUT2D eigenvalue weighted by atomic mass is 9.95. The van der Waals surface area contributed by atoms with Crippen LogP contribution in [0.5, 0.6) is 0 Å². The van der Waals surface area contributed by atoms with Crippen molar-refractivity contribution < 1.29 is 24.3 Å². The second-order valence-corrected chi connectivity index (χ2v) is 10.3. The largest absolute Gasteiger partial charge is 0.480 e. The molecule has 2 rings (SSSR count). The van der Waals surface area contributed by atoms with Crippen LogP contribution in [-0.2, 0) is 25.6 Å². The molecule has 0 aliphatic heterocycles. The van der Waals surface area contributed by atoms with E-state index in [1.165, 1.54) is 0 Å². The molecule has 0 aliphatic rings. The number of rotatable bonds is 13. The van der Waals surface area contributed by atoms with Crippen molar-refractivity contribution in [3.63, 3.8) is 0 Å². The Morgan fingerprint density at radius 3 is 2.05 bits per heavy atom. The third-order valence-electron chi connectivity index (χ3n) is 6.77. The number of nitrogens with one attached hydrogen (secondary N) is 4. The number of amides is 3. The van der Waals surface area contributed by atoms with Crippen molar-refractivity contribution in [2.75, 3.05) is 0 Å². The van der Waals surface area contributed by atoms with Crippen molar-refractivity contribution in [1.82, 2.24) is 20.9 Å². The maximum absolute atomic E-state index is 13.2. The Morgan fingerprint density at radius 2 is 1.49 bits per heavy atom.